The van der Waals surface area contributed by atoms with Crippen LogP contribution in [0.15, 0.2) is 24.0 Å². The summed E-state index contributed by atoms with van der Waals surface area (Å²) in [6.07, 6.45) is 1.62. The van der Waals surface area contributed by atoms with Crippen LogP contribution in [-0.2, 0) is 14.4 Å². The maximum absolute atomic E-state index is 10.5. The number of allylic oxidation sites excluding steroid dienone is 1. The molecule has 0 aromatic carbocycles. The van der Waals surface area contributed by atoms with Crippen molar-refractivity contribution >= 4 is 17.7 Å². The van der Waals surface area contributed by atoms with Crippen LogP contribution in [0.1, 0.15) is 6.42 Å². The molecule has 0 aromatic heterocycles. The average Bonchev–Trinajstić information content (AvgIpc) is 2.10. The third-order valence-electron chi connectivity index (χ3n) is 1.18. The van der Waals surface area contributed by atoms with E-state index in [1.165, 1.54) is 0 Å². The Labute approximate surface area is 78.8 Å². The first kappa shape index (κ1) is 11.9. The van der Waals surface area contributed by atoms with Gasteiger partial charge in [0.2, 0.25) is 0 Å². The number of aliphatic hydroxyl groups is 1. The summed E-state index contributed by atoms with van der Waals surface area (Å²) in [6, 6.07) is 0. The molecule has 6 nitrogen and oxygen atoms in total. The number of aliphatic hydroxyl groups excluding tert-OH is 1. The molecular formula is C8H8O6. The predicted molar refractivity (Wildman–Crippen MR) is 44.7 cm³/mol. The fraction of sp³-hybridized carbons (Fsp3) is 0.125. The number of carbonyl (C=O) groups is 3. The third-order valence-corrected chi connectivity index (χ3v) is 1.18. The van der Waals surface area contributed by atoms with Crippen molar-refractivity contribution in [2.75, 3.05) is 0 Å². The Hall–Kier alpha value is -2.11. The minimum absolute atomic E-state index is 0.0629. The van der Waals surface area contributed by atoms with Crippen molar-refractivity contribution < 1.29 is 29.7 Å². The van der Waals surface area contributed by atoms with Gasteiger partial charge in [-0.05, 0) is 11.6 Å². The number of carboxylic acids is 2. The van der Waals surface area contributed by atoms with Gasteiger partial charge in [0.1, 0.15) is 0 Å². The SMILES string of the molecule is O=C(O)CC(C=CC(=O)C(=O)O)=CO. The molecular weight excluding hydrogens is 192 g/mol. The molecule has 0 radical (unpaired) electrons. The molecule has 0 atom stereocenters. The molecule has 6 heteroatoms. The minimum atomic E-state index is -1.64. The van der Waals surface area contributed by atoms with E-state index in [0.29, 0.717) is 12.3 Å². The van der Waals surface area contributed by atoms with Crippen molar-refractivity contribution in [2.45, 2.75) is 6.42 Å². The highest BCUT2D eigenvalue weighted by molar-refractivity contribution is 6.37. The second-order valence-corrected chi connectivity index (χ2v) is 2.28. The van der Waals surface area contributed by atoms with Gasteiger partial charge in [0.05, 0.1) is 12.7 Å². The second kappa shape index (κ2) is 5.52. The summed E-state index contributed by atoms with van der Waals surface area (Å²) < 4.78 is 0. The number of carboxylic acid groups (broad SMARTS) is 2. The van der Waals surface area contributed by atoms with Crippen LogP contribution in [0.2, 0.25) is 0 Å². The van der Waals surface area contributed by atoms with Gasteiger partial charge in [-0.1, -0.05) is 6.08 Å². The quantitative estimate of drug-likeness (QED) is 0.251. The first-order chi connectivity index (χ1) is 6.47. The Morgan fingerprint density at radius 3 is 2.00 bits per heavy atom. The summed E-state index contributed by atoms with van der Waals surface area (Å²) in [7, 11) is 0. The summed E-state index contributed by atoms with van der Waals surface area (Å²) in [6.45, 7) is 0. The summed E-state index contributed by atoms with van der Waals surface area (Å²) in [4.78, 5) is 30.7. The van der Waals surface area contributed by atoms with Gasteiger partial charge in [-0.25, -0.2) is 4.79 Å². The fourth-order valence-electron chi connectivity index (χ4n) is 0.576. The molecule has 0 rings (SSSR count). The molecule has 0 unspecified atom stereocenters. The Bertz CT molecular complexity index is 312. The van der Waals surface area contributed by atoms with E-state index in [-0.39, 0.29) is 5.57 Å². The smallest absolute Gasteiger partial charge is 0.376 e. The highest BCUT2D eigenvalue weighted by Gasteiger charge is 2.07. The van der Waals surface area contributed by atoms with Crippen LogP contribution in [-0.4, -0.2) is 33.0 Å². The van der Waals surface area contributed by atoms with Crippen LogP contribution in [0.4, 0.5) is 0 Å². The largest absolute Gasteiger partial charge is 0.515 e. The van der Waals surface area contributed by atoms with Crippen LogP contribution >= 0.6 is 0 Å². The molecule has 0 aromatic rings. The molecule has 0 spiro atoms. The van der Waals surface area contributed by atoms with Crippen molar-refractivity contribution in [3.05, 3.63) is 24.0 Å². The number of ketones is 1. The highest BCUT2D eigenvalue weighted by Crippen LogP contribution is 2.02. The van der Waals surface area contributed by atoms with Gasteiger partial charge in [0, 0.05) is 0 Å². The Morgan fingerprint density at radius 2 is 1.64 bits per heavy atom. The van der Waals surface area contributed by atoms with Crippen LogP contribution in [0.5, 0.6) is 0 Å². The number of aliphatic carboxylic acids is 2. The van der Waals surface area contributed by atoms with Gasteiger partial charge >= 0.3 is 11.9 Å². The summed E-state index contributed by atoms with van der Waals surface area (Å²) in [5.41, 5.74) is -0.0629. The van der Waals surface area contributed by atoms with Gasteiger partial charge < -0.3 is 15.3 Å². The highest BCUT2D eigenvalue weighted by atomic mass is 16.4. The van der Waals surface area contributed by atoms with Crippen molar-refractivity contribution in [3.8, 4) is 0 Å². The van der Waals surface area contributed by atoms with E-state index in [0.717, 1.165) is 6.08 Å². The van der Waals surface area contributed by atoms with E-state index in [1.54, 1.807) is 0 Å². The van der Waals surface area contributed by atoms with E-state index in [4.69, 9.17) is 15.3 Å². The predicted octanol–water partition coefficient (Wildman–Crippen LogP) is 0.113. The van der Waals surface area contributed by atoms with Crippen LogP contribution in [0.3, 0.4) is 0 Å². The first-order valence-corrected chi connectivity index (χ1v) is 3.47. The zero-order valence-corrected chi connectivity index (χ0v) is 7.01. The van der Waals surface area contributed by atoms with Crippen molar-refractivity contribution in [1.82, 2.24) is 0 Å². The normalized spacial score (nSPS) is 11.6. The van der Waals surface area contributed by atoms with Gasteiger partial charge in [-0.3, -0.25) is 9.59 Å². The lowest BCUT2D eigenvalue weighted by atomic mass is 10.2. The van der Waals surface area contributed by atoms with Crippen LogP contribution < -0.4 is 0 Å². The number of hydrogen-bond donors (Lipinski definition) is 3. The van der Waals surface area contributed by atoms with Crippen molar-refractivity contribution in [1.29, 1.82) is 0 Å². The average molecular weight is 200 g/mol. The molecule has 0 heterocycles. The number of carbonyl (C=O) groups excluding carboxylic acids is 1. The molecule has 0 aliphatic rings. The molecule has 3 N–H and O–H groups in total. The topological polar surface area (TPSA) is 112 Å². The third kappa shape index (κ3) is 4.70. The standard InChI is InChI=1S/C8H8O6/c9-4-5(3-7(11)12)1-2-6(10)8(13)14/h1-2,4,9H,3H2,(H,11,12)(H,13,14). The molecule has 0 saturated carbocycles. The van der Waals surface area contributed by atoms with E-state index in [1.807, 2.05) is 0 Å². The maximum atomic E-state index is 10.5. The zero-order chi connectivity index (χ0) is 11.1. The molecule has 76 valence electrons. The molecule has 0 aliphatic heterocycles. The minimum Gasteiger partial charge on any atom is -0.515 e. The summed E-state index contributed by atoms with van der Waals surface area (Å²) in [5, 5.41) is 24.9. The molecule has 14 heavy (non-hydrogen) atoms. The Morgan fingerprint density at radius 1 is 1.07 bits per heavy atom. The van der Waals surface area contributed by atoms with Gasteiger partial charge in [-0.15, -0.1) is 0 Å². The lowest BCUT2D eigenvalue weighted by Crippen LogP contribution is -2.08. The monoisotopic (exact) mass is 200 g/mol. The fourth-order valence-corrected chi connectivity index (χ4v) is 0.576. The molecule has 0 fully saturated rings. The van der Waals surface area contributed by atoms with E-state index in [2.05, 4.69) is 0 Å². The first-order valence-electron chi connectivity index (χ1n) is 3.47. The molecule has 0 bridgehead atoms. The van der Waals surface area contributed by atoms with E-state index in [9.17, 15) is 14.4 Å². The van der Waals surface area contributed by atoms with Gasteiger partial charge in [-0.2, -0.15) is 0 Å². The van der Waals surface area contributed by atoms with E-state index >= 15 is 0 Å². The lowest BCUT2D eigenvalue weighted by Gasteiger charge is -1.93. The molecule has 0 aliphatic carbocycles. The van der Waals surface area contributed by atoms with Gasteiger partial charge in [0.25, 0.3) is 5.78 Å². The van der Waals surface area contributed by atoms with Gasteiger partial charge in [0.15, 0.2) is 0 Å². The van der Waals surface area contributed by atoms with Crippen LogP contribution in [0.25, 0.3) is 0 Å². The Kier molecular flexibility index (Phi) is 4.69. The van der Waals surface area contributed by atoms with Crippen LogP contribution in [0, 0.1) is 0 Å². The molecule has 0 saturated heterocycles. The maximum Gasteiger partial charge on any atom is 0.376 e. The molecule has 0 amide bonds. The van der Waals surface area contributed by atoms with Crippen molar-refractivity contribution in [3.63, 3.8) is 0 Å². The summed E-state index contributed by atoms with van der Waals surface area (Å²) >= 11 is 0. The lowest BCUT2D eigenvalue weighted by molar-refractivity contribution is -0.146. The Balaban J connectivity index is 4.41. The summed E-state index contributed by atoms with van der Waals surface area (Å²) in [5.74, 6) is -4.03. The van der Waals surface area contributed by atoms with Crippen molar-refractivity contribution in [2.24, 2.45) is 0 Å². The zero-order valence-electron chi connectivity index (χ0n) is 7.01. The second-order valence-electron chi connectivity index (χ2n) is 2.28. The number of hydrogen-bond acceptors (Lipinski definition) is 4. The number of rotatable bonds is 5. The van der Waals surface area contributed by atoms with E-state index < -0.39 is 24.1 Å².